The van der Waals surface area contributed by atoms with Gasteiger partial charge in [0.1, 0.15) is 17.0 Å². The third-order valence-corrected chi connectivity index (χ3v) is 10.5. The number of fused-ring (bicyclic) bond motifs is 4. The van der Waals surface area contributed by atoms with Crippen molar-refractivity contribution in [3.63, 3.8) is 0 Å². The van der Waals surface area contributed by atoms with E-state index >= 15 is 0 Å². The fourth-order valence-corrected chi connectivity index (χ4v) is 7.73. The van der Waals surface area contributed by atoms with E-state index in [9.17, 15) is 0 Å². The smallest absolute Gasteiger partial charge is 0.159 e. The Morgan fingerprint density at radius 2 is 0.981 bits per heavy atom. The van der Waals surface area contributed by atoms with Crippen molar-refractivity contribution in [2.75, 3.05) is 7.05 Å². The van der Waals surface area contributed by atoms with E-state index in [4.69, 9.17) is 14.4 Å². The zero-order valence-electron chi connectivity index (χ0n) is 29.7. The van der Waals surface area contributed by atoms with Crippen molar-refractivity contribution in [2.24, 2.45) is 9.98 Å². The maximum atomic E-state index is 6.60. The van der Waals surface area contributed by atoms with Crippen molar-refractivity contribution in [3.05, 3.63) is 205 Å². The lowest BCUT2D eigenvalue weighted by Crippen LogP contribution is -2.35. The number of rotatable bonds is 6. The van der Waals surface area contributed by atoms with Gasteiger partial charge in [0.2, 0.25) is 0 Å². The van der Waals surface area contributed by atoms with Crippen molar-refractivity contribution >= 4 is 44.4 Å². The molecule has 10 rings (SSSR count). The first-order valence-electron chi connectivity index (χ1n) is 18.3. The SMILES string of the molecule is CN1C(c2ccccc2)=NC(c2ccc3ccc(-c4ccccc4)cc3c2)=NC1c1cccc2oc3cc(-c4ccc(-c5ccccc5)cc4)ccc3c12. The van der Waals surface area contributed by atoms with Gasteiger partial charge in [0.15, 0.2) is 12.0 Å². The van der Waals surface area contributed by atoms with E-state index in [2.05, 4.69) is 188 Å². The van der Waals surface area contributed by atoms with Crippen molar-refractivity contribution < 1.29 is 4.42 Å². The van der Waals surface area contributed by atoms with E-state index in [0.717, 1.165) is 61.0 Å². The van der Waals surface area contributed by atoms with Gasteiger partial charge >= 0.3 is 0 Å². The fourth-order valence-electron chi connectivity index (χ4n) is 7.73. The first kappa shape index (κ1) is 31.7. The molecule has 0 amide bonds. The molecule has 0 saturated carbocycles. The molecular formula is C50H35N3O. The summed E-state index contributed by atoms with van der Waals surface area (Å²) in [4.78, 5) is 12.8. The quantitative estimate of drug-likeness (QED) is 0.174. The summed E-state index contributed by atoms with van der Waals surface area (Å²) in [5, 5.41) is 4.46. The summed E-state index contributed by atoms with van der Waals surface area (Å²) in [6.07, 6.45) is -0.339. The molecule has 0 radical (unpaired) electrons. The highest BCUT2D eigenvalue weighted by atomic mass is 16.3. The van der Waals surface area contributed by atoms with E-state index in [1.165, 1.54) is 27.6 Å². The highest BCUT2D eigenvalue weighted by molar-refractivity contribution is 6.15. The number of aliphatic imine (C=N–C) groups is 2. The minimum absolute atomic E-state index is 0.339. The number of benzene rings is 8. The van der Waals surface area contributed by atoms with Crippen molar-refractivity contribution in [2.45, 2.75) is 6.17 Å². The van der Waals surface area contributed by atoms with Crippen molar-refractivity contribution in [1.82, 2.24) is 4.90 Å². The molecule has 4 heteroatoms. The first-order valence-corrected chi connectivity index (χ1v) is 18.3. The fraction of sp³-hybridized carbons (Fsp3) is 0.0400. The molecular weight excluding hydrogens is 659 g/mol. The highest BCUT2D eigenvalue weighted by Gasteiger charge is 2.29. The molecule has 4 nitrogen and oxygen atoms in total. The van der Waals surface area contributed by atoms with Gasteiger partial charge in [-0.2, -0.15) is 0 Å². The van der Waals surface area contributed by atoms with Crippen LogP contribution in [-0.2, 0) is 0 Å². The van der Waals surface area contributed by atoms with Crippen LogP contribution in [0.1, 0.15) is 22.9 Å². The van der Waals surface area contributed by atoms with Gasteiger partial charge in [-0.25, -0.2) is 9.98 Å². The maximum absolute atomic E-state index is 6.60. The summed E-state index contributed by atoms with van der Waals surface area (Å²) < 4.78 is 6.60. The highest BCUT2D eigenvalue weighted by Crippen LogP contribution is 2.40. The van der Waals surface area contributed by atoms with Gasteiger partial charge in [0.05, 0.1) is 0 Å². The van der Waals surface area contributed by atoms with Crippen molar-refractivity contribution in [1.29, 1.82) is 0 Å². The number of amidine groups is 2. The Labute approximate surface area is 314 Å². The topological polar surface area (TPSA) is 41.1 Å². The summed E-state index contributed by atoms with van der Waals surface area (Å²) in [6, 6.07) is 66.1. The van der Waals surface area contributed by atoms with Crippen molar-refractivity contribution in [3.8, 4) is 33.4 Å². The number of nitrogens with zero attached hydrogens (tertiary/aromatic N) is 3. The van der Waals surface area contributed by atoms with Crippen LogP contribution in [0.25, 0.3) is 66.1 Å². The van der Waals surface area contributed by atoms with Crippen LogP contribution in [-0.4, -0.2) is 23.6 Å². The van der Waals surface area contributed by atoms with E-state index < -0.39 is 0 Å². The monoisotopic (exact) mass is 693 g/mol. The molecule has 1 aliphatic heterocycles. The van der Waals surface area contributed by atoms with Crippen LogP contribution in [0.15, 0.2) is 202 Å². The molecule has 1 aromatic heterocycles. The van der Waals surface area contributed by atoms with Gasteiger partial charge in [-0.05, 0) is 74.5 Å². The minimum Gasteiger partial charge on any atom is -0.456 e. The van der Waals surface area contributed by atoms with Crippen LogP contribution < -0.4 is 0 Å². The Kier molecular flexibility index (Phi) is 7.73. The van der Waals surface area contributed by atoms with Gasteiger partial charge in [0.25, 0.3) is 0 Å². The lowest BCUT2D eigenvalue weighted by atomic mass is 9.98. The Bertz CT molecular complexity index is 2870. The third-order valence-electron chi connectivity index (χ3n) is 10.5. The van der Waals surface area contributed by atoms with Crippen LogP contribution >= 0.6 is 0 Å². The van der Waals surface area contributed by atoms with Gasteiger partial charge in [-0.3, -0.25) is 0 Å². The lowest BCUT2D eigenvalue weighted by molar-refractivity contribution is 0.385. The summed E-state index contributed by atoms with van der Waals surface area (Å²) in [5.41, 5.74) is 11.8. The molecule has 1 aliphatic rings. The molecule has 1 unspecified atom stereocenters. The second-order valence-corrected chi connectivity index (χ2v) is 13.9. The third kappa shape index (κ3) is 5.65. The van der Waals surface area contributed by atoms with Crippen LogP contribution in [0.5, 0.6) is 0 Å². The van der Waals surface area contributed by atoms with E-state index in [0.29, 0.717) is 5.84 Å². The van der Waals surface area contributed by atoms with E-state index in [1.54, 1.807) is 0 Å². The van der Waals surface area contributed by atoms with Gasteiger partial charge in [-0.1, -0.05) is 158 Å². The molecule has 54 heavy (non-hydrogen) atoms. The largest absolute Gasteiger partial charge is 0.456 e. The Morgan fingerprint density at radius 1 is 0.444 bits per heavy atom. The van der Waals surface area contributed by atoms with Crippen LogP contribution in [0.4, 0.5) is 0 Å². The van der Waals surface area contributed by atoms with Gasteiger partial charge in [-0.15, -0.1) is 0 Å². The van der Waals surface area contributed by atoms with E-state index in [1.807, 2.05) is 12.1 Å². The average Bonchev–Trinajstić information content (AvgIpc) is 3.63. The number of furan rings is 1. The molecule has 0 fully saturated rings. The Balaban J connectivity index is 1.07. The predicted octanol–water partition coefficient (Wildman–Crippen LogP) is 12.6. The number of hydrogen-bond donors (Lipinski definition) is 0. The predicted molar refractivity (Wildman–Crippen MR) is 224 cm³/mol. The lowest BCUT2D eigenvalue weighted by Gasteiger charge is -2.32. The molecule has 0 N–H and O–H groups in total. The minimum atomic E-state index is -0.339. The molecule has 2 heterocycles. The summed E-state index contributed by atoms with van der Waals surface area (Å²) in [5.74, 6) is 1.57. The molecule has 1 atom stereocenters. The molecule has 0 bridgehead atoms. The Morgan fingerprint density at radius 3 is 1.69 bits per heavy atom. The standard InChI is InChI=1S/C50H35N3O/c1-53-49(38-16-9-4-10-17-38)51-48(41-27-25-37-24-26-39(30-42(37)31-41)34-14-7-3-8-15-34)52-50(53)44-18-11-19-45-47(44)43-29-28-40(32-46(43)54-45)36-22-20-35(21-23-36)33-12-5-2-6-13-33/h2-32,50H,1H3. The van der Waals surface area contributed by atoms with Gasteiger partial charge in [0, 0.05) is 34.5 Å². The van der Waals surface area contributed by atoms with Crippen LogP contribution in [0.3, 0.4) is 0 Å². The maximum Gasteiger partial charge on any atom is 0.159 e. The van der Waals surface area contributed by atoms with Gasteiger partial charge < -0.3 is 9.32 Å². The molecule has 0 saturated heterocycles. The summed E-state index contributed by atoms with van der Waals surface area (Å²) in [7, 11) is 2.08. The van der Waals surface area contributed by atoms with Crippen LogP contribution in [0.2, 0.25) is 0 Å². The first-order chi connectivity index (χ1) is 26.7. The molecule has 9 aromatic rings. The molecule has 256 valence electrons. The zero-order valence-corrected chi connectivity index (χ0v) is 29.7. The summed E-state index contributed by atoms with van der Waals surface area (Å²) in [6.45, 7) is 0. The van der Waals surface area contributed by atoms with Crippen LogP contribution in [0, 0.1) is 0 Å². The Hall–Kier alpha value is -7.04. The number of hydrogen-bond acceptors (Lipinski definition) is 4. The second-order valence-electron chi connectivity index (χ2n) is 13.9. The summed E-state index contributed by atoms with van der Waals surface area (Å²) >= 11 is 0. The second kappa shape index (κ2) is 13.2. The zero-order chi connectivity index (χ0) is 36.0. The molecule has 8 aromatic carbocycles. The molecule has 0 aliphatic carbocycles. The average molecular weight is 694 g/mol. The van der Waals surface area contributed by atoms with E-state index in [-0.39, 0.29) is 6.17 Å². The molecule has 0 spiro atoms. The normalized spacial score (nSPS) is 14.4.